The van der Waals surface area contributed by atoms with Crippen molar-refractivity contribution in [2.24, 2.45) is 7.05 Å². The highest BCUT2D eigenvalue weighted by atomic mass is 15.4. The van der Waals surface area contributed by atoms with E-state index in [1.165, 1.54) is 16.8 Å². The molecule has 0 amide bonds. The van der Waals surface area contributed by atoms with Crippen LogP contribution >= 0.6 is 0 Å². The van der Waals surface area contributed by atoms with E-state index >= 15 is 0 Å². The lowest BCUT2D eigenvalue weighted by Crippen LogP contribution is -2.25. The lowest BCUT2D eigenvalue weighted by Gasteiger charge is -2.26. The minimum Gasteiger partial charge on any atom is -0.370 e. The summed E-state index contributed by atoms with van der Waals surface area (Å²) < 4.78 is 4.07. The van der Waals surface area contributed by atoms with Gasteiger partial charge in [-0.05, 0) is 27.2 Å². The molecule has 5 heteroatoms. The normalized spacial score (nSPS) is 18.6. The van der Waals surface area contributed by atoms with Crippen LogP contribution in [0.5, 0.6) is 0 Å². The summed E-state index contributed by atoms with van der Waals surface area (Å²) in [5.41, 5.74) is 4.88. The van der Waals surface area contributed by atoms with Gasteiger partial charge in [-0.3, -0.25) is 4.68 Å². The van der Waals surface area contributed by atoms with Crippen LogP contribution in [0.2, 0.25) is 0 Å². The molecule has 1 unspecified atom stereocenters. The summed E-state index contributed by atoms with van der Waals surface area (Å²) in [7, 11) is 2.00. The minimum absolute atomic E-state index is 0.309. The molecule has 0 fully saturated rings. The van der Waals surface area contributed by atoms with E-state index in [1.807, 2.05) is 17.9 Å². The van der Waals surface area contributed by atoms with E-state index in [0.29, 0.717) is 6.04 Å². The fourth-order valence-corrected chi connectivity index (χ4v) is 2.89. The van der Waals surface area contributed by atoms with Gasteiger partial charge in [-0.15, -0.1) is 0 Å². The van der Waals surface area contributed by atoms with Crippen LogP contribution in [0.25, 0.3) is 0 Å². The molecular formula is C13H19N5. The minimum atomic E-state index is 0.309. The van der Waals surface area contributed by atoms with Gasteiger partial charge in [0, 0.05) is 30.4 Å². The van der Waals surface area contributed by atoms with Crippen molar-refractivity contribution >= 4 is 5.82 Å². The van der Waals surface area contributed by atoms with Gasteiger partial charge < -0.3 is 5.32 Å². The molecule has 1 aliphatic rings. The Morgan fingerprint density at radius 3 is 2.78 bits per heavy atom. The Morgan fingerprint density at radius 1 is 1.33 bits per heavy atom. The third-order valence-corrected chi connectivity index (χ3v) is 3.88. The second kappa shape index (κ2) is 3.86. The maximum absolute atomic E-state index is 4.52. The van der Waals surface area contributed by atoms with Crippen molar-refractivity contribution < 1.29 is 0 Å². The van der Waals surface area contributed by atoms with Crippen LogP contribution in [0.4, 0.5) is 5.82 Å². The lowest BCUT2D eigenvalue weighted by molar-refractivity contribution is 0.477. The average molecular weight is 245 g/mol. The van der Waals surface area contributed by atoms with Gasteiger partial charge in [0.1, 0.15) is 5.82 Å². The van der Waals surface area contributed by atoms with Gasteiger partial charge in [0.25, 0.3) is 0 Å². The quantitative estimate of drug-likeness (QED) is 0.835. The predicted octanol–water partition coefficient (Wildman–Crippen LogP) is 1.95. The molecular weight excluding hydrogens is 226 g/mol. The van der Waals surface area contributed by atoms with Gasteiger partial charge in [-0.1, -0.05) is 0 Å². The Hall–Kier alpha value is -1.78. The Morgan fingerprint density at radius 2 is 2.11 bits per heavy atom. The number of rotatable bonds is 1. The van der Waals surface area contributed by atoms with E-state index in [-0.39, 0.29) is 0 Å². The summed E-state index contributed by atoms with van der Waals surface area (Å²) in [6.07, 6.45) is 2.99. The molecule has 0 aromatic carbocycles. The first kappa shape index (κ1) is 11.3. The van der Waals surface area contributed by atoms with Gasteiger partial charge in [0.15, 0.2) is 0 Å². The number of hydrogen-bond acceptors (Lipinski definition) is 3. The molecule has 2 aromatic heterocycles. The summed E-state index contributed by atoms with van der Waals surface area (Å²) in [6.45, 7) is 7.30. The van der Waals surface area contributed by atoms with E-state index in [9.17, 15) is 0 Å². The number of nitrogens with zero attached hydrogens (tertiary/aromatic N) is 4. The topological polar surface area (TPSA) is 47.7 Å². The van der Waals surface area contributed by atoms with E-state index in [4.69, 9.17) is 0 Å². The van der Waals surface area contributed by atoms with Crippen molar-refractivity contribution in [1.29, 1.82) is 0 Å². The van der Waals surface area contributed by atoms with Gasteiger partial charge in [-0.25, -0.2) is 4.68 Å². The van der Waals surface area contributed by atoms with Crippen LogP contribution in [0.3, 0.4) is 0 Å². The molecule has 2 aromatic rings. The molecule has 5 nitrogen and oxygen atoms in total. The predicted molar refractivity (Wildman–Crippen MR) is 70.9 cm³/mol. The van der Waals surface area contributed by atoms with Crippen molar-refractivity contribution in [2.75, 3.05) is 11.9 Å². The maximum Gasteiger partial charge on any atom is 0.127 e. The highest BCUT2D eigenvalue weighted by molar-refractivity contribution is 5.47. The molecule has 3 rings (SSSR count). The fraction of sp³-hybridized carbons (Fsp3) is 0.538. The smallest absolute Gasteiger partial charge is 0.127 e. The second-order valence-corrected chi connectivity index (χ2v) is 5.06. The van der Waals surface area contributed by atoms with E-state index in [0.717, 1.165) is 24.5 Å². The summed E-state index contributed by atoms with van der Waals surface area (Å²) in [6, 6.07) is 0.309. The highest BCUT2D eigenvalue weighted by Gasteiger charge is 2.27. The van der Waals surface area contributed by atoms with Crippen molar-refractivity contribution in [2.45, 2.75) is 33.2 Å². The van der Waals surface area contributed by atoms with Crippen LogP contribution in [0, 0.1) is 20.8 Å². The third kappa shape index (κ3) is 1.46. The van der Waals surface area contributed by atoms with Gasteiger partial charge in [0.05, 0.1) is 17.9 Å². The SMILES string of the molecule is Cc1cnn2c1NCCC2c1c(C)nn(C)c1C. The molecule has 1 atom stereocenters. The summed E-state index contributed by atoms with van der Waals surface area (Å²) in [5.74, 6) is 1.15. The number of nitrogens with one attached hydrogen (secondary N) is 1. The average Bonchev–Trinajstić information content (AvgIpc) is 2.83. The highest BCUT2D eigenvalue weighted by Crippen LogP contribution is 2.33. The van der Waals surface area contributed by atoms with Crippen LogP contribution in [0.1, 0.15) is 35.0 Å². The first-order chi connectivity index (χ1) is 8.59. The Labute approximate surface area is 107 Å². The molecule has 0 radical (unpaired) electrons. The summed E-state index contributed by atoms with van der Waals surface area (Å²) in [5, 5.41) is 12.5. The zero-order chi connectivity index (χ0) is 12.9. The third-order valence-electron chi connectivity index (χ3n) is 3.88. The van der Waals surface area contributed by atoms with Crippen LogP contribution < -0.4 is 5.32 Å². The van der Waals surface area contributed by atoms with E-state index in [2.05, 4.69) is 41.0 Å². The Bertz CT molecular complexity index is 593. The molecule has 0 aliphatic carbocycles. The van der Waals surface area contributed by atoms with Crippen LogP contribution in [0.15, 0.2) is 6.20 Å². The van der Waals surface area contributed by atoms with Crippen molar-refractivity contribution in [1.82, 2.24) is 19.6 Å². The largest absolute Gasteiger partial charge is 0.370 e. The molecule has 3 heterocycles. The lowest BCUT2D eigenvalue weighted by atomic mass is 10.0. The Balaban J connectivity index is 2.14. The van der Waals surface area contributed by atoms with Crippen LogP contribution in [-0.4, -0.2) is 26.1 Å². The summed E-state index contributed by atoms with van der Waals surface area (Å²) in [4.78, 5) is 0. The molecule has 1 aliphatic heterocycles. The molecule has 1 N–H and O–H groups in total. The number of fused-ring (bicyclic) bond motifs is 1. The maximum atomic E-state index is 4.52. The summed E-state index contributed by atoms with van der Waals surface area (Å²) >= 11 is 0. The molecule has 0 saturated carbocycles. The number of hydrogen-bond donors (Lipinski definition) is 1. The monoisotopic (exact) mass is 245 g/mol. The molecule has 96 valence electrons. The standard InChI is InChI=1S/C13H19N5/c1-8-7-15-18-11(5-6-14-13(8)18)12-9(2)16-17(4)10(12)3/h7,11,14H,5-6H2,1-4H3. The van der Waals surface area contributed by atoms with Gasteiger partial charge in [-0.2, -0.15) is 10.2 Å². The molecule has 0 spiro atoms. The zero-order valence-electron chi connectivity index (χ0n) is 11.4. The Kier molecular flexibility index (Phi) is 2.43. The van der Waals surface area contributed by atoms with E-state index < -0.39 is 0 Å². The first-order valence-corrected chi connectivity index (χ1v) is 6.37. The number of aromatic nitrogens is 4. The number of aryl methyl sites for hydroxylation is 3. The molecule has 0 bridgehead atoms. The zero-order valence-corrected chi connectivity index (χ0v) is 11.4. The van der Waals surface area contributed by atoms with Gasteiger partial charge in [0.2, 0.25) is 0 Å². The molecule has 0 saturated heterocycles. The first-order valence-electron chi connectivity index (χ1n) is 6.37. The van der Waals surface area contributed by atoms with Crippen molar-refractivity contribution in [3.8, 4) is 0 Å². The van der Waals surface area contributed by atoms with Gasteiger partial charge >= 0.3 is 0 Å². The number of anilines is 1. The van der Waals surface area contributed by atoms with Crippen molar-refractivity contribution in [3.05, 3.63) is 28.7 Å². The second-order valence-electron chi connectivity index (χ2n) is 5.06. The molecule has 18 heavy (non-hydrogen) atoms. The van der Waals surface area contributed by atoms with E-state index in [1.54, 1.807) is 0 Å². The van der Waals surface area contributed by atoms with Crippen molar-refractivity contribution in [3.63, 3.8) is 0 Å². The van der Waals surface area contributed by atoms with Crippen LogP contribution in [-0.2, 0) is 7.05 Å². The fourth-order valence-electron chi connectivity index (χ4n) is 2.89.